The third-order valence-electron chi connectivity index (χ3n) is 5.38. The van der Waals surface area contributed by atoms with Crippen molar-refractivity contribution in [2.75, 3.05) is 24.5 Å². The molecule has 1 aromatic carbocycles. The molecule has 0 spiro atoms. The number of anilines is 1. The number of carbonyl (C=O) groups is 1. The molecule has 0 atom stereocenters. The summed E-state index contributed by atoms with van der Waals surface area (Å²) in [7, 11) is 1.64. The second-order valence-electron chi connectivity index (χ2n) is 7.31. The Morgan fingerprint density at radius 1 is 1.14 bits per heavy atom. The van der Waals surface area contributed by atoms with Crippen molar-refractivity contribution in [2.45, 2.75) is 12.8 Å². The van der Waals surface area contributed by atoms with Crippen LogP contribution < -0.4 is 15.8 Å². The fourth-order valence-electron chi connectivity index (χ4n) is 3.55. The molecule has 1 N–H and O–H groups in total. The lowest BCUT2D eigenvalue weighted by molar-refractivity contribution is 0.0945. The highest BCUT2D eigenvalue weighted by molar-refractivity contribution is 5.94. The van der Waals surface area contributed by atoms with Gasteiger partial charge in [-0.15, -0.1) is 0 Å². The highest BCUT2D eigenvalue weighted by Crippen LogP contribution is 2.21. The third kappa shape index (κ3) is 4.37. The highest BCUT2D eigenvalue weighted by atomic mass is 16.1. The van der Waals surface area contributed by atoms with Crippen LogP contribution in [-0.2, 0) is 7.05 Å². The van der Waals surface area contributed by atoms with E-state index in [0.29, 0.717) is 18.0 Å². The van der Waals surface area contributed by atoms with Crippen molar-refractivity contribution >= 4 is 11.6 Å². The maximum Gasteiger partial charge on any atom is 0.268 e. The van der Waals surface area contributed by atoms with Gasteiger partial charge < -0.3 is 10.2 Å². The SMILES string of the molecule is Cn1ncc(N2CCC(CNC(=O)c3ccc(-n4cccn4)cc3)CC2)cc1=O. The number of hydrogen-bond donors (Lipinski definition) is 1. The lowest BCUT2D eigenvalue weighted by Gasteiger charge is -2.33. The average Bonchev–Trinajstić information content (AvgIpc) is 3.29. The molecule has 3 aromatic rings. The number of aromatic nitrogens is 4. The fourth-order valence-corrected chi connectivity index (χ4v) is 3.55. The van der Waals surface area contributed by atoms with Crippen molar-refractivity contribution in [3.63, 3.8) is 0 Å². The third-order valence-corrected chi connectivity index (χ3v) is 5.38. The lowest BCUT2D eigenvalue weighted by Crippen LogP contribution is -2.39. The van der Waals surface area contributed by atoms with Gasteiger partial charge in [-0.1, -0.05) is 0 Å². The minimum atomic E-state index is -0.101. The molecule has 0 saturated carbocycles. The Morgan fingerprint density at radius 2 is 1.90 bits per heavy atom. The van der Waals surface area contributed by atoms with Gasteiger partial charge in [0.25, 0.3) is 11.5 Å². The smallest absolute Gasteiger partial charge is 0.268 e. The van der Waals surface area contributed by atoms with Gasteiger partial charge in [0.15, 0.2) is 0 Å². The van der Waals surface area contributed by atoms with Crippen LogP contribution in [0, 0.1) is 5.92 Å². The zero-order chi connectivity index (χ0) is 20.2. The summed E-state index contributed by atoms with van der Waals surface area (Å²) in [6.45, 7) is 2.37. The zero-order valence-electron chi connectivity index (χ0n) is 16.4. The Labute approximate surface area is 168 Å². The minimum absolute atomic E-state index is 0.0600. The van der Waals surface area contributed by atoms with Gasteiger partial charge in [-0.05, 0) is 49.1 Å². The number of piperidine rings is 1. The van der Waals surface area contributed by atoms with Crippen molar-refractivity contribution in [3.05, 3.63) is 70.9 Å². The number of aryl methyl sites for hydroxylation is 1. The largest absolute Gasteiger partial charge is 0.370 e. The molecule has 8 heteroatoms. The van der Waals surface area contributed by atoms with Gasteiger partial charge in [-0.3, -0.25) is 9.59 Å². The summed E-state index contributed by atoms with van der Waals surface area (Å²) in [4.78, 5) is 26.4. The standard InChI is InChI=1S/C21H24N6O2/c1-25-20(28)13-19(15-24-25)26-11-7-16(8-12-26)14-22-21(29)17-3-5-18(6-4-17)27-10-2-9-23-27/h2-6,9-10,13,15-16H,7-8,11-12,14H2,1H3,(H,22,29). The number of nitrogens with zero attached hydrogens (tertiary/aromatic N) is 5. The molecule has 1 saturated heterocycles. The molecule has 0 bridgehead atoms. The first-order valence-corrected chi connectivity index (χ1v) is 9.77. The van der Waals surface area contributed by atoms with Crippen molar-refractivity contribution in [1.29, 1.82) is 0 Å². The minimum Gasteiger partial charge on any atom is -0.370 e. The van der Waals surface area contributed by atoms with Crippen LogP contribution in [-0.4, -0.2) is 45.1 Å². The van der Waals surface area contributed by atoms with Gasteiger partial charge in [0, 0.05) is 50.7 Å². The Morgan fingerprint density at radius 3 is 2.55 bits per heavy atom. The van der Waals surface area contributed by atoms with E-state index in [-0.39, 0.29) is 11.5 Å². The highest BCUT2D eigenvalue weighted by Gasteiger charge is 2.21. The first-order chi connectivity index (χ1) is 14.1. The number of hydrogen-bond acceptors (Lipinski definition) is 5. The second kappa shape index (κ2) is 8.30. The van der Waals surface area contributed by atoms with Gasteiger partial charge >= 0.3 is 0 Å². The van der Waals surface area contributed by atoms with Crippen molar-refractivity contribution < 1.29 is 4.79 Å². The average molecular weight is 392 g/mol. The summed E-state index contributed by atoms with van der Waals surface area (Å²) in [5.74, 6) is 0.369. The molecule has 4 rings (SSSR count). The van der Waals surface area contributed by atoms with Crippen LogP contribution in [0.2, 0.25) is 0 Å². The Bertz CT molecular complexity index is 1020. The number of amides is 1. The molecule has 1 fully saturated rings. The summed E-state index contributed by atoms with van der Waals surface area (Å²) < 4.78 is 3.08. The van der Waals surface area contributed by atoms with Gasteiger partial charge in [-0.25, -0.2) is 9.36 Å². The molecule has 0 unspecified atom stereocenters. The first kappa shape index (κ1) is 18.9. The summed E-state index contributed by atoms with van der Waals surface area (Å²) >= 11 is 0. The molecule has 2 aromatic heterocycles. The Hall–Kier alpha value is -3.42. The molecule has 1 aliphatic heterocycles. The van der Waals surface area contributed by atoms with Gasteiger partial charge in [0.2, 0.25) is 0 Å². The van der Waals surface area contributed by atoms with Crippen LogP contribution in [0.1, 0.15) is 23.2 Å². The van der Waals surface area contributed by atoms with Gasteiger partial charge in [0.05, 0.1) is 17.6 Å². The molecular weight excluding hydrogens is 368 g/mol. The number of benzene rings is 1. The molecular formula is C21H24N6O2. The summed E-state index contributed by atoms with van der Waals surface area (Å²) in [5.41, 5.74) is 2.33. The molecule has 1 amide bonds. The monoisotopic (exact) mass is 392 g/mol. The molecule has 3 heterocycles. The van der Waals surface area contributed by atoms with E-state index in [1.165, 1.54) is 4.68 Å². The van der Waals surface area contributed by atoms with Crippen LogP contribution in [0.5, 0.6) is 0 Å². The summed E-state index contributed by atoms with van der Waals surface area (Å²) in [6.07, 6.45) is 7.25. The van der Waals surface area contributed by atoms with Crippen LogP contribution >= 0.6 is 0 Å². The first-order valence-electron chi connectivity index (χ1n) is 9.77. The van der Waals surface area contributed by atoms with E-state index in [1.54, 1.807) is 30.2 Å². The number of rotatable bonds is 5. The topological polar surface area (TPSA) is 85.1 Å². The van der Waals surface area contributed by atoms with E-state index in [2.05, 4.69) is 20.4 Å². The molecule has 29 heavy (non-hydrogen) atoms. The predicted octanol–water partition coefficient (Wildman–Crippen LogP) is 1.61. The van der Waals surface area contributed by atoms with Crippen LogP contribution in [0.25, 0.3) is 5.69 Å². The van der Waals surface area contributed by atoms with Crippen LogP contribution in [0.3, 0.4) is 0 Å². The molecule has 1 aliphatic rings. The Balaban J connectivity index is 1.27. The number of nitrogens with one attached hydrogen (secondary N) is 1. The van der Waals surface area contributed by atoms with Crippen LogP contribution in [0.4, 0.5) is 5.69 Å². The van der Waals surface area contributed by atoms with Gasteiger partial charge in [-0.2, -0.15) is 10.2 Å². The summed E-state index contributed by atoms with van der Waals surface area (Å²) in [6, 6.07) is 10.9. The molecule has 8 nitrogen and oxygen atoms in total. The fraction of sp³-hybridized carbons (Fsp3) is 0.333. The van der Waals surface area contributed by atoms with Crippen molar-refractivity contribution in [3.8, 4) is 5.69 Å². The normalized spacial score (nSPS) is 14.7. The van der Waals surface area contributed by atoms with Crippen molar-refractivity contribution in [1.82, 2.24) is 24.9 Å². The zero-order valence-corrected chi connectivity index (χ0v) is 16.4. The van der Waals surface area contributed by atoms with Crippen molar-refractivity contribution in [2.24, 2.45) is 13.0 Å². The second-order valence-corrected chi connectivity index (χ2v) is 7.31. The van der Waals surface area contributed by atoms with Crippen LogP contribution in [0.15, 0.2) is 59.8 Å². The maximum absolute atomic E-state index is 12.5. The van der Waals surface area contributed by atoms with E-state index >= 15 is 0 Å². The molecule has 150 valence electrons. The molecule has 0 aliphatic carbocycles. The van der Waals surface area contributed by atoms with Gasteiger partial charge in [0.1, 0.15) is 0 Å². The van der Waals surface area contributed by atoms with E-state index in [9.17, 15) is 9.59 Å². The lowest BCUT2D eigenvalue weighted by atomic mass is 9.96. The molecule has 0 radical (unpaired) electrons. The van der Waals surface area contributed by atoms with E-state index in [4.69, 9.17) is 0 Å². The maximum atomic E-state index is 12.5. The number of carbonyl (C=O) groups excluding carboxylic acids is 1. The predicted molar refractivity (Wildman–Crippen MR) is 110 cm³/mol. The summed E-state index contributed by atoms with van der Waals surface area (Å²) in [5, 5.41) is 11.3. The van der Waals surface area contributed by atoms with E-state index < -0.39 is 0 Å². The quantitative estimate of drug-likeness (QED) is 0.713. The Kier molecular flexibility index (Phi) is 5.41. The van der Waals surface area contributed by atoms with E-state index in [1.807, 2.05) is 36.5 Å². The van der Waals surface area contributed by atoms with E-state index in [0.717, 1.165) is 37.3 Å².